The highest BCUT2D eigenvalue weighted by atomic mass is 19.1. The molecule has 8 nitrogen and oxygen atoms in total. The van der Waals surface area contributed by atoms with Crippen LogP contribution in [0, 0.1) is 5.82 Å². The van der Waals surface area contributed by atoms with Crippen LogP contribution >= 0.6 is 0 Å². The molecule has 0 spiro atoms. The largest absolute Gasteiger partial charge is 0.462 e. The molecular formula is C30H35FN6O2. The van der Waals surface area contributed by atoms with Crippen molar-refractivity contribution in [3.05, 3.63) is 66.1 Å². The van der Waals surface area contributed by atoms with E-state index >= 15 is 0 Å². The zero-order valence-electron chi connectivity index (χ0n) is 22.5. The number of carbonyl (C=O) groups excluding carboxylic acids is 1. The van der Waals surface area contributed by atoms with Crippen LogP contribution in [-0.2, 0) is 17.8 Å². The molecule has 0 radical (unpaired) electrons. The number of hydrogen-bond acceptors (Lipinski definition) is 7. The second kappa shape index (κ2) is 10.8. The van der Waals surface area contributed by atoms with Gasteiger partial charge in [-0.25, -0.2) is 4.39 Å². The Morgan fingerprint density at radius 3 is 2.72 bits per heavy atom. The first-order valence-corrected chi connectivity index (χ1v) is 13.8. The number of likely N-dealkylation sites (tertiary alicyclic amines) is 1. The van der Waals surface area contributed by atoms with Crippen molar-refractivity contribution in [2.24, 2.45) is 0 Å². The fourth-order valence-electron chi connectivity index (χ4n) is 6.05. The summed E-state index contributed by atoms with van der Waals surface area (Å²) >= 11 is 0. The van der Waals surface area contributed by atoms with Crippen LogP contribution in [0.3, 0.4) is 0 Å². The summed E-state index contributed by atoms with van der Waals surface area (Å²) in [5.41, 5.74) is 3.08. The van der Waals surface area contributed by atoms with E-state index in [4.69, 9.17) is 14.7 Å². The molecule has 2 fully saturated rings. The van der Waals surface area contributed by atoms with E-state index in [0.29, 0.717) is 51.4 Å². The third-order valence-corrected chi connectivity index (χ3v) is 8.33. The molecule has 6 rings (SSSR count). The van der Waals surface area contributed by atoms with Crippen molar-refractivity contribution in [1.29, 1.82) is 0 Å². The lowest BCUT2D eigenvalue weighted by Gasteiger charge is -2.38. The Bertz CT molecular complexity index is 1390. The standard InChI is InChI=1S/C30H35FN6O2/c1-3-28(38)35-14-16-36(17-15-35)29-24-11-13-37(27-8-4-6-21-9-10-22(31)18-25(21)27)19-26(24)32-30(33-29)39-20-23-7-5-12-34(23)2/h3-4,6,8-10,18,23H,1,5,7,11-17,19-20H2,2H3/t23-/m0/s1. The minimum absolute atomic E-state index is 0.0359. The van der Waals surface area contributed by atoms with Crippen molar-refractivity contribution in [1.82, 2.24) is 19.8 Å². The number of fused-ring (bicyclic) bond motifs is 2. The molecule has 0 aliphatic carbocycles. The van der Waals surface area contributed by atoms with Crippen molar-refractivity contribution in [3.8, 4) is 6.01 Å². The van der Waals surface area contributed by atoms with E-state index in [1.165, 1.54) is 18.6 Å². The molecule has 0 bridgehead atoms. The monoisotopic (exact) mass is 530 g/mol. The van der Waals surface area contributed by atoms with Crippen molar-refractivity contribution < 1.29 is 13.9 Å². The number of aromatic nitrogens is 2. The molecule has 0 unspecified atom stereocenters. The lowest BCUT2D eigenvalue weighted by Crippen LogP contribution is -2.49. The molecular weight excluding hydrogens is 495 g/mol. The van der Waals surface area contributed by atoms with Gasteiger partial charge in [0.25, 0.3) is 0 Å². The topological polar surface area (TPSA) is 65.0 Å². The summed E-state index contributed by atoms with van der Waals surface area (Å²) in [6, 6.07) is 11.8. The van der Waals surface area contributed by atoms with Crippen molar-refractivity contribution in [2.75, 3.05) is 62.7 Å². The Morgan fingerprint density at radius 2 is 1.95 bits per heavy atom. The van der Waals surface area contributed by atoms with Crippen molar-refractivity contribution in [3.63, 3.8) is 0 Å². The Balaban J connectivity index is 1.30. The Kier molecular flexibility index (Phi) is 7.08. The van der Waals surface area contributed by atoms with Gasteiger partial charge in [-0.1, -0.05) is 24.8 Å². The SMILES string of the molecule is C=CC(=O)N1CCN(c2nc(OC[C@@H]3CCCN3C)nc3c2CCN(c2cccc4ccc(F)cc24)C3)CC1. The Hall–Kier alpha value is -3.72. The third kappa shape index (κ3) is 5.15. The lowest BCUT2D eigenvalue weighted by atomic mass is 10.0. The molecule has 0 N–H and O–H groups in total. The van der Waals surface area contributed by atoms with Crippen LogP contribution in [0.4, 0.5) is 15.9 Å². The number of ether oxygens (including phenoxy) is 1. The molecule has 2 saturated heterocycles. The van der Waals surface area contributed by atoms with Gasteiger partial charge in [0.1, 0.15) is 18.2 Å². The Morgan fingerprint density at radius 1 is 1.10 bits per heavy atom. The highest BCUT2D eigenvalue weighted by Gasteiger charge is 2.29. The molecule has 39 heavy (non-hydrogen) atoms. The van der Waals surface area contributed by atoms with Gasteiger partial charge in [-0.3, -0.25) is 4.79 Å². The van der Waals surface area contributed by atoms with Gasteiger partial charge in [0.05, 0.1) is 12.2 Å². The van der Waals surface area contributed by atoms with Gasteiger partial charge >= 0.3 is 6.01 Å². The number of benzene rings is 2. The molecule has 9 heteroatoms. The molecule has 3 aliphatic heterocycles. The molecule has 2 aromatic carbocycles. The van der Waals surface area contributed by atoms with Gasteiger partial charge in [0, 0.05) is 55.4 Å². The number of halogens is 1. The van der Waals surface area contributed by atoms with Gasteiger partial charge in [-0.15, -0.1) is 0 Å². The van der Waals surface area contributed by atoms with Crippen molar-refractivity contribution in [2.45, 2.75) is 31.8 Å². The highest BCUT2D eigenvalue weighted by molar-refractivity contribution is 5.94. The molecule has 204 valence electrons. The van der Waals surface area contributed by atoms with Crippen LogP contribution in [-0.4, -0.2) is 84.6 Å². The first-order chi connectivity index (χ1) is 19.0. The minimum Gasteiger partial charge on any atom is -0.462 e. The minimum atomic E-state index is -0.237. The maximum Gasteiger partial charge on any atom is 0.318 e. The van der Waals surface area contributed by atoms with Crippen LogP contribution in [0.25, 0.3) is 10.8 Å². The number of rotatable bonds is 6. The van der Waals surface area contributed by atoms with Crippen LogP contribution < -0.4 is 14.5 Å². The normalized spacial score (nSPS) is 19.8. The number of nitrogens with zero attached hydrogens (tertiary/aromatic N) is 6. The van der Waals surface area contributed by atoms with Crippen LogP contribution in [0.2, 0.25) is 0 Å². The molecule has 4 heterocycles. The predicted octanol–water partition coefficient (Wildman–Crippen LogP) is 3.64. The quantitative estimate of drug-likeness (QED) is 0.451. The molecule has 1 amide bonds. The zero-order valence-corrected chi connectivity index (χ0v) is 22.5. The number of piperazine rings is 1. The molecule has 1 atom stereocenters. The van der Waals surface area contributed by atoms with E-state index in [9.17, 15) is 9.18 Å². The van der Waals surface area contributed by atoms with Gasteiger partial charge in [-0.2, -0.15) is 9.97 Å². The van der Waals surface area contributed by atoms with Gasteiger partial charge in [0.15, 0.2) is 0 Å². The van der Waals surface area contributed by atoms with Gasteiger partial charge in [0.2, 0.25) is 5.91 Å². The van der Waals surface area contributed by atoms with E-state index in [1.54, 1.807) is 6.07 Å². The lowest BCUT2D eigenvalue weighted by molar-refractivity contribution is -0.126. The summed E-state index contributed by atoms with van der Waals surface area (Å²) in [5.74, 6) is 0.633. The number of anilines is 2. The number of likely N-dealkylation sites (N-methyl/N-ethyl adjacent to an activating group) is 1. The molecule has 3 aromatic rings. The molecule has 3 aliphatic rings. The van der Waals surface area contributed by atoms with E-state index in [1.807, 2.05) is 23.1 Å². The predicted molar refractivity (Wildman–Crippen MR) is 151 cm³/mol. The smallest absolute Gasteiger partial charge is 0.318 e. The van der Waals surface area contributed by atoms with E-state index in [2.05, 4.69) is 34.4 Å². The first kappa shape index (κ1) is 25.6. The molecule has 1 aromatic heterocycles. The number of carbonyl (C=O) groups is 1. The van der Waals surface area contributed by atoms with E-state index in [0.717, 1.165) is 59.5 Å². The fraction of sp³-hybridized carbons (Fsp3) is 0.433. The first-order valence-electron chi connectivity index (χ1n) is 13.8. The average Bonchev–Trinajstić information content (AvgIpc) is 3.39. The van der Waals surface area contributed by atoms with Crippen molar-refractivity contribution >= 4 is 28.2 Å². The second-order valence-electron chi connectivity index (χ2n) is 10.7. The summed E-state index contributed by atoms with van der Waals surface area (Å²) in [5, 5.41) is 1.92. The fourth-order valence-corrected chi connectivity index (χ4v) is 6.05. The summed E-state index contributed by atoms with van der Waals surface area (Å²) in [4.78, 5) is 30.7. The maximum absolute atomic E-state index is 14.2. The Labute approximate surface area is 228 Å². The second-order valence-corrected chi connectivity index (χ2v) is 10.7. The summed E-state index contributed by atoms with van der Waals surface area (Å²) in [6.07, 6.45) is 4.43. The third-order valence-electron chi connectivity index (χ3n) is 8.33. The summed E-state index contributed by atoms with van der Waals surface area (Å²) in [6.45, 7) is 9.28. The molecule has 0 saturated carbocycles. The maximum atomic E-state index is 14.2. The van der Waals surface area contributed by atoms with Crippen LogP contribution in [0.5, 0.6) is 6.01 Å². The number of hydrogen-bond donors (Lipinski definition) is 0. The van der Waals surface area contributed by atoms with Gasteiger partial charge in [-0.05, 0) is 62.5 Å². The van der Waals surface area contributed by atoms with E-state index < -0.39 is 0 Å². The summed E-state index contributed by atoms with van der Waals surface area (Å²) < 4.78 is 20.4. The van der Waals surface area contributed by atoms with Crippen LogP contribution in [0.1, 0.15) is 24.1 Å². The summed E-state index contributed by atoms with van der Waals surface area (Å²) in [7, 11) is 2.13. The highest BCUT2D eigenvalue weighted by Crippen LogP contribution is 2.34. The van der Waals surface area contributed by atoms with Crippen LogP contribution in [0.15, 0.2) is 49.1 Å². The van der Waals surface area contributed by atoms with Gasteiger partial charge < -0.3 is 24.3 Å². The average molecular weight is 531 g/mol. The van der Waals surface area contributed by atoms with E-state index in [-0.39, 0.29) is 11.7 Å². The number of amides is 1. The zero-order chi connectivity index (χ0) is 26.9.